The average molecular weight is 265 g/mol. The number of esters is 1. The number of nitrogen functional groups attached to an aromatic ring is 1. The molecule has 19 heavy (non-hydrogen) atoms. The van der Waals surface area contributed by atoms with Crippen LogP contribution in [0.3, 0.4) is 0 Å². The summed E-state index contributed by atoms with van der Waals surface area (Å²) in [4.78, 5) is 11.9. The Bertz CT molecular complexity index is 441. The van der Waals surface area contributed by atoms with Gasteiger partial charge in [-0.3, -0.25) is 0 Å². The van der Waals surface area contributed by atoms with Crippen LogP contribution >= 0.6 is 0 Å². The number of hydrogen-bond donors (Lipinski definition) is 1. The normalized spacial score (nSPS) is 18.3. The fraction of sp³-hybridized carbons (Fsp3) is 0.500. The summed E-state index contributed by atoms with van der Waals surface area (Å²) < 4.78 is 15.7. The zero-order valence-corrected chi connectivity index (χ0v) is 11.1. The summed E-state index contributed by atoms with van der Waals surface area (Å²) in [5.74, 6) is 0.162. The van der Waals surface area contributed by atoms with E-state index in [0.29, 0.717) is 23.6 Å². The van der Waals surface area contributed by atoms with Crippen LogP contribution in [0.4, 0.5) is 5.69 Å². The Balaban J connectivity index is 1.86. The van der Waals surface area contributed by atoms with Crippen molar-refractivity contribution in [1.29, 1.82) is 0 Å². The van der Waals surface area contributed by atoms with Crippen LogP contribution < -0.4 is 10.5 Å². The maximum atomic E-state index is 11.9. The zero-order chi connectivity index (χ0) is 13.7. The highest BCUT2D eigenvalue weighted by atomic mass is 16.5. The average Bonchev–Trinajstić information content (AvgIpc) is 2.91. The number of benzene rings is 1. The lowest BCUT2D eigenvalue weighted by atomic mass is 10.2. The van der Waals surface area contributed by atoms with E-state index in [0.717, 1.165) is 25.9 Å². The molecule has 0 saturated carbocycles. The first-order valence-electron chi connectivity index (χ1n) is 6.42. The van der Waals surface area contributed by atoms with E-state index in [1.807, 2.05) is 0 Å². The lowest BCUT2D eigenvalue weighted by Gasteiger charge is -2.10. The minimum atomic E-state index is -0.386. The van der Waals surface area contributed by atoms with Crippen molar-refractivity contribution >= 4 is 11.7 Å². The highest BCUT2D eigenvalue weighted by molar-refractivity contribution is 5.91. The van der Waals surface area contributed by atoms with E-state index < -0.39 is 0 Å². The van der Waals surface area contributed by atoms with E-state index in [4.69, 9.17) is 19.9 Å². The van der Waals surface area contributed by atoms with Gasteiger partial charge in [-0.05, 0) is 25.0 Å². The molecule has 1 aliphatic rings. The van der Waals surface area contributed by atoms with Gasteiger partial charge in [-0.25, -0.2) is 4.79 Å². The molecule has 1 atom stereocenters. The Kier molecular flexibility index (Phi) is 4.63. The van der Waals surface area contributed by atoms with Gasteiger partial charge in [-0.15, -0.1) is 0 Å². The van der Waals surface area contributed by atoms with E-state index >= 15 is 0 Å². The highest BCUT2D eigenvalue weighted by Crippen LogP contribution is 2.20. The van der Waals surface area contributed by atoms with Crippen molar-refractivity contribution in [2.45, 2.75) is 25.4 Å². The lowest BCUT2D eigenvalue weighted by Crippen LogP contribution is -2.13. The van der Waals surface area contributed by atoms with Crippen LogP contribution in [0.2, 0.25) is 0 Å². The highest BCUT2D eigenvalue weighted by Gasteiger charge is 2.16. The van der Waals surface area contributed by atoms with E-state index in [1.54, 1.807) is 18.2 Å². The van der Waals surface area contributed by atoms with Gasteiger partial charge in [0.15, 0.2) is 0 Å². The molecule has 0 aromatic heterocycles. The van der Waals surface area contributed by atoms with Crippen molar-refractivity contribution in [3.05, 3.63) is 23.8 Å². The van der Waals surface area contributed by atoms with Crippen molar-refractivity contribution in [1.82, 2.24) is 0 Å². The molecule has 1 aromatic carbocycles. The van der Waals surface area contributed by atoms with E-state index in [1.165, 1.54) is 7.11 Å². The fourth-order valence-corrected chi connectivity index (χ4v) is 2.10. The summed E-state index contributed by atoms with van der Waals surface area (Å²) in [6.07, 6.45) is 3.10. The molecule has 0 radical (unpaired) electrons. The number of carbonyl (C=O) groups is 1. The second-order valence-corrected chi connectivity index (χ2v) is 4.55. The van der Waals surface area contributed by atoms with Gasteiger partial charge in [0.2, 0.25) is 0 Å². The molecular formula is C14H19NO4. The molecular weight excluding hydrogens is 246 g/mol. The molecule has 1 aromatic rings. The summed E-state index contributed by atoms with van der Waals surface area (Å²) in [5.41, 5.74) is 6.58. The molecule has 0 aliphatic carbocycles. The predicted molar refractivity (Wildman–Crippen MR) is 71.3 cm³/mol. The van der Waals surface area contributed by atoms with Gasteiger partial charge in [0.1, 0.15) is 5.75 Å². The van der Waals surface area contributed by atoms with E-state index in [2.05, 4.69) is 0 Å². The largest absolute Gasteiger partial charge is 0.497 e. The first kappa shape index (κ1) is 13.7. The summed E-state index contributed by atoms with van der Waals surface area (Å²) in [6.45, 7) is 1.17. The first-order chi connectivity index (χ1) is 9.19. The molecule has 2 N–H and O–H groups in total. The Morgan fingerprint density at radius 2 is 2.32 bits per heavy atom. The maximum absolute atomic E-state index is 11.9. The Hall–Kier alpha value is -1.75. The van der Waals surface area contributed by atoms with Crippen LogP contribution in [0.15, 0.2) is 18.2 Å². The molecule has 1 saturated heterocycles. The van der Waals surface area contributed by atoms with Gasteiger partial charge >= 0.3 is 5.97 Å². The first-order valence-corrected chi connectivity index (χ1v) is 6.42. The molecule has 1 unspecified atom stereocenters. The van der Waals surface area contributed by atoms with Gasteiger partial charge in [-0.2, -0.15) is 0 Å². The zero-order valence-electron chi connectivity index (χ0n) is 11.1. The van der Waals surface area contributed by atoms with Crippen LogP contribution in [0.25, 0.3) is 0 Å². The summed E-state index contributed by atoms with van der Waals surface area (Å²) in [7, 11) is 1.53. The van der Waals surface area contributed by atoms with Crippen LogP contribution in [0.1, 0.15) is 29.6 Å². The van der Waals surface area contributed by atoms with Gasteiger partial charge < -0.3 is 19.9 Å². The van der Waals surface area contributed by atoms with Crippen molar-refractivity contribution in [3.63, 3.8) is 0 Å². The van der Waals surface area contributed by atoms with Gasteiger partial charge in [0.05, 0.1) is 25.4 Å². The minimum Gasteiger partial charge on any atom is -0.497 e. The quantitative estimate of drug-likeness (QED) is 0.651. The molecule has 1 aliphatic heterocycles. The van der Waals surface area contributed by atoms with Gasteiger partial charge in [0.25, 0.3) is 0 Å². The van der Waals surface area contributed by atoms with Crippen molar-refractivity contribution in [2.75, 3.05) is 26.1 Å². The third-order valence-electron chi connectivity index (χ3n) is 3.10. The van der Waals surface area contributed by atoms with Gasteiger partial charge in [0, 0.05) is 24.8 Å². The number of carbonyl (C=O) groups excluding carboxylic acids is 1. The second-order valence-electron chi connectivity index (χ2n) is 4.55. The second kappa shape index (κ2) is 6.43. The smallest absolute Gasteiger partial charge is 0.338 e. The predicted octanol–water partition coefficient (Wildman–Crippen LogP) is 2.00. The summed E-state index contributed by atoms with van der Waals surface area (Å²) in [5, 5.41) is 0. The molecule has 1 heterocycles. The number of methoxy groups -OCH3 is 1. The van der Waals surface area contributed by atoms with Crippen LogP contribution in [0, 0.1) is 0 Å². The molecule has 0 amide bonds. The van der Waals surface area contributed by atoms with Crippen molar-refractivity contribution in [3.8, 4) is 5.75 Å². The molecule has 5 nitrogen and oxygen atoms in total. The van der Waals surface area contributed by atoms with E-state index in [-0.39, 0.29) is 12.1 Å². The molecule has 2 rings (SSSR count). The summed E-state index contributed by atoms with van der Waals surface area (Å²) in [6, 6.07) is 4.85. The molecule has 104 valence electrons. The van der Waals surface area contributed by atoms with Crippen molar-refractivity contribution in [2.24, 2.45) is 0 Å². The van der Waals surface area contributed by atoms with Crippen LogP contribution in [-0.2, 0) is 9.47 Å². The SMILES string of the molecule is COc1cc(N)cc(C(=O)OCCC2CCCO2)c1. The van der Waals surface area contributed by atoms with E-state index in [9.17, 15) is 4.79 Å². The summed E-state index contributed by atoms with van der Waals surface area (Å²) >= 11 is 0. The number of anilines is 1. The maximum Gasteiger partial charge on any atom is 0.338 e. The molecule has 1 fully saturated rings. The Labute approximate surface area is 112 Å². The standard InChI is InChI=1S/C14H19NO4/c1-17-13-8-10(7-11(15)9-13)14(16)19-6-4-12-3-2-5-18-12/h7-9,12H,2-6,15H2,1H3. The number of nitrogens with two attached hydrogens (primary N) is 1. The lowest BCUT2D eigenvalue weighted by molar-refractivity contribution is 0.0385. The third kappa shape index (κ3) is 3.86. The van der Waals surface area contributed by atoms with Crippen LogP contribution in [-0.4, -0.2) is 32.4 Å². The monoisotopic (exact) mass is 265 g/mol. The van der Waals surface area contributed by atoms with Gasteiger partial charge in [-0.1, -0.05) is 0 Å². The van der Waals surface area contributed by atoms with Crippen LogP contribution in [0.5, 0.6) is 5.75 Å². The number of rotatable bonds is 5. The topological polar surface area (TPSA) is 70.8 Å². The minimum absolute atomic E-state index is 0.225. The molecule has 0 spiro atoms. The Morgan fingerprint density at radius 3 is 3.00 bits per heavy atom. The molecule has 0 bridgehead atoms. The Morgan fingerprint density at radius 1 is 1.47 bits per heavy atom. The molecule has 5 heteroatoms. The third-order valence-corrected chi connectivity index (χ3v) is 3.10. The fourth-order valence-electron chi connectivity index (χ4n) is 2.10. The number of ether oxygens (including phenoxy) is 3. The van der Waals surface area contributed by atoms with Crippen molar-refractivity contribution < 1.29 is 19.0 Å². The number of hydrogen-bond acceptors (Lipinski definition) is 5.